The van der Waals surface area contributed by atoms with Gasteiger partial charge in [-0.3, -0.25) is 9.69 Å². The van der Waals surface area contributed by atoms with Crippen LogP contribution in [0, 0.1) is 0 Å². The van der Waals surface area contributed by atoms with Crippen molar-refractivity contribution in [3.05, 3.63) is 0 Å². The summed E-state index contributed by atoms with van der Waals surface area (Å²) in [6.07, 6.45) is 3.58. The van der Waals surface area contributed by atoms with Crippen LogP contribution in [0.2, 0.25) is 0 Å². The third kappa shape index (κ3) is 2.86. The molecule has 3 atom stereocenters. The second-order valence-corrected chi connectivity index (χ2v) is 6.67. The van der Waals surface area contributed by atoms with Gasteiger partial charge in [-0.25, -0.2) is 0 Å². The second-order valence-electron chi connectivity index (χ2n) is 6.67. The predicted octanol–water partition coefficient (Wildman–Crippen LogP) is 1.70. The van der Waals surface area contributed by atoms with E-state index in [2.05, 4.69) is 4.90 Å². The molecule has 18 heavy (non-hydrogen) atoms. The van der Waals surface area contributed by atoms with Gasteiger partial charge >= 0.3 is 5.97 Å². The molecular weight excluding hydrogens is 230 g/mol. The van der Waals surface area contributed by atoms with Crippen molar-refractivity contribution in [3.8, 4) is 0 Å². The maximum absolute atomic E-state index is 12.1. The summed E-state index contributed by atoms with van der Waals surface area (Å²) in [4.78, 5) is 14.4. The number of aliphatic hydroxyl groups is 1. The van der Waals surface area contributed by atoms with Crippen molar-refractivity contribution in [2.75, 3.05) is 0 Å². The Morgan fingerprint density at radius 1 is 1.28 bits per heavy atom. The van der Waals surface area contributed by atoms with Crippen molar-refractivity contribution in [2.45, 2.75) is 83.2 Å². The number of carbonyl (C=O) groups excluding carboxylic acids is 1. The fourth-order valence-corrected chi connectivity index (χ4v) is 3.33. The van der Waals surface area contributed by atoms with Gasteiger partial charge in [-0.1, -0.05) is 0 Å². The minimum atomic E-state index is -0.431. The van der Waals surface area contributed by atoms with Crippen LogP contribution in [0.3, 0.4) is 0 Å². The SMILES string of the molecule is CC(C(=O)OC(C)(C)C)N1C2CCC1CC(O)C2. The number of rotatable bonds is 2. The zero-order valence-corrected chi connectivity index (χ0v) is 11.8. The molecule has 2 saturated heterocycles. The van der Waals surface area contributed by atoms with Gasteiger partial charge in [0.2, 0.25) is 0 Å². The monoisotopic (exact) mass is 255 g/mol. The van der Waals surface area contributed by atoms with Crippen LogP contribution >= 0.6 is 0 Å². The molecule has 3 unspecified atom stereocenters. The zero-order valence-electron chi connectivity index (χ0n) is 11.8. The molecule has 2 fully saturated rings. The van der Waals surface area contributed by atoms with Crippen LogP contribution in [0.25, 0.3) is 0 Å². The lowest BCUT2D eigenvalue weighted by Gasteiger charge is -2.40. The molecule has 104 valence electrons. The Balaban J connectivity index is 2.01. The first kappa shape index (κ1) is 13.8. The Hall–Kier alpha value is -0.610. The van der Waals surface area contributed by atoms with Gasteiger partial charge in [0.25, 0.3) is 0 Å². The van der Waals surface area contributed by atoms with E-state index in [4.69, 9.17) is 4.74 Å². The molecular formula is C14H25NO3. The first-order valence-corrected chi connectivity index (χ1v) is 6.96. The molecule has 0 aliphatic carbocycles. The van der Waals surface area contributed by atoms with Gasteiger partial charge in [-0.2, -0.15) is 0 Å². The topological polar surface area (TPSA) is 49.8 Å². The normalized spacial score (nSPS) is 34.4. The molecule has 1 N–H and O–H groups in total. The summed E-state index contributed by atoms with van der Waals surface area (Å²) in [5.74, 6) is -0.143. The number of hydrogen-bond acceptors (Lipinski definition) is 4. The highest BCUT2D eigenvalue weighted by molar-refractivity contribution is 5.76. The van der Waals surface area contributed by atoms with Crippen LogP contribution in [-0.2, 0) is 9.53 Å². The molecule has 0 aromatic rings. The standard InChI is InChI=1S/C14H25NO3/c1-9(13(17)18-14(2,3)4)15-10-5-6-11(15)8-12(16)7-10/h9-12,16H,5-8H2,1-4H3. The van der Waals surface area contributed by atoms with Gasteiger partial charge in [0.15, 0.2) is 0 Å². The molecule has 2 rings (SSSR count). The maximum Gasteiger partial charge on any atom is 0.323 e. The number of piperidine rings is 1. The second kappa shape index (κ2) is 4.82. The van der Waals surface area contributed by atoms with Crippen molar-refractivity contribution >= 4 is 5.97 Å². The molecule has 0 aromatic heterocycles. The van der Waals surface area contributed by atoms with E-state index in [-0.39, 0.29) is 18.1 Å². The zero-order chi connectivity index (χ0) is 13.5. The Labute approximate surface area is 109 Å². The number of ether oxygens (including phenoxy) is 1. The molecule has 0 aromatic carbocycles. The molecule has 0 saturated carbocycles. The number of aliphatic hydroxyl groups excluding tert-OH is 1. The number of esters is 1. The van der Waals surface area contributed by atoms with Crippen molar-refractivity contribution in [1.29, 1.82) is 0 Å². The molecule has 0 radical (unpaired) electrons. The van der Waals surface area contributed by atoms with Crippen LogP contribution in [0.15, 0.2) is 0 Å². The molecule has 2 aliphatic heterocycles. The minimum absolute atomic E-state index is 0.143. The third-order valence-electron chi connectivity index (χ3n) is 3.96. The number of fused-ring (bicyclic) bond motifs is 2. The Kier molecular flexibility index (Phi) is 3.70. The van der Waals surface area contributed by atoms with Gasteiger partial charge < -0.3 is 9.84 Å². The van der Waals surface area contributed by atoms with Crippen LogP contribution in [0.5, 0.6) is 0 Å². The maximum atomic E-state index is 12.1. The number of nitrogens with zero attached hydrogens (tertiary/aromatic N) is 1. The lowest BCUT2D eigenvalue weighted by atomic mass is 9.98. The lowest BCUT2D eigenvalue weighted by molar-refractivity contribution is -0.163. The largest absolute Gasteiger partial charge is 0.459 e. The smallest absolute Gasteiger partial charge is 0.323 e. The Morgan fingerprint density at radius 3 is 2.22 bits per heavy atom. The molecule has 0 spiro atoms. The van der Waals surface area contributed by atoms with Gasteiger partial charge in [0, 0.05) is 12.1 Å². The van der Waals surface area contributed by atoms with E-state index in [1.807, 2.05) is 27.7 Å². The minimum Gasteiger partial charge on any atom is -0.459 e. The fraction of sp³-hybridized carbons (Fsp3) is 0.929. The van der Waals surface area contributed by atoms with E-state index < -0.39 is 5.60 Å². The predicted molar refractivity (Wildman–Crippen MR) is 69.2 cm³/mol. The molecule has 4 nitrogen and oxygen atoms in total. The van der Waals surface area contributed by atoms with E-state index in [9.17, 15) is 9.90 Å². The third-order valence-corrected chi connectivity index (χ3v) is 3.96. The summed E-state index contributed by atoms with van der Waals surface area (Å²) < 4.78 is 5.46. The van der Waals surface area contributed by atoms with Crippen LogP contribution in [0.1, 0.15) is 53.4 Å². The van der Waals surface area contributed by atoms with Crippen molar-refractivity contribution in [1.82, 2.24) is 4.90 Å². The van der Waals surface area contributed by atoms with Crippen LogP contribution in [0.4, 0.5) is 0 Å². The summed E-state index contributed by atoms with van der Waals surface area (Å²) in [7, 11) is 0. The Bertz CT molecular complexity index is 309. The average Bonchev–Trinajstić information content (AvgIpc) is 2.47. The van der Waals surface area contributed by atoms with Crippen LogP contribution < -0.4 is 0 Å². The molecule has 4 heteroatoms. The van der Waals surface area contributed by atoms with Gasteiger partial charge in [-0.15, -0.1) is 0 Å². The molecule has 0 amide bonds. The summed E-state index contributed by atoms with van der Waals surface area (Å²) in [6.45, 7) is 7.61. The van der Waals surface area contributed by atoms with E-state index in [1.54, 1.807) is 0 Å². The highest BCUT2D eigenvalue weighted by atomic mass is 16.6. The van der Waals surface area contributed by atoms with E-state index >= 15 is 0 Å². The average molecular weight is 255 g/mol. The lowest BCUT2D eigenvalue weighted by Crippen LogP contribution is -2.53. The van der Waals surface area contributed by atoms with Gasteiger partial charge in [-0.05, 0) is 53.4 Å². The highest BCUT2D eigenvalue weighted by Crippen LogP contribution is 2.37. The first-order chi connectivity index (χ1) is 8.28. The number of carbonyl (C=O) groups is 1. The number of hydrogen-bond donors (Lipinski definition) is 1. The van der Waals surface area contributed by atoms with Crippen molar-refractivity contribution in [3.63, 3.8) is 0 Å². The van der Waals surface area contributed by atoms with E-state index in [0.717, 1.165) is 25.7 Å². The fourth-order valence-electron chi connectivity index (χ4n) is 3.33. The summed E-state index contributed by atoms with van der Waals surface area (Å²) >= 11 is 0. The van der Waals surface area contributed by atoms with E-state index in [1.165, 1.54) is 0 Å². The van der Waals surface area contributed by atoms with Crippen LogP contribution in [-0.4, -0.2) is 45.8 Å². The quantitative estimate of drug-likeness (QED) is 0.763. The first-order valence-electron chi connectivity index (χ1n) is 6.96. The highest BCUT2D eigenvalue weighted by Gasteiger charge is 2.44. The summed E-state index contributed by atoms with van der Waals surface area (Å²) in [5, 5.41) is 9.77. The molecule has 2 heterocycles. The summed E-state index contributed by atoms with van der Waals surface area (Å²) in [5.41, 5.74) is -0.431. The summed E-state index contributed by atoms with van der Waals surface area (Å²) in [6, 6.07) is 0.497. The van der Waals surface area contributed by atoms with E-state index in [0.29, 0.717) is 12.1 Å². The van der Waals surface area contributed by atoms with Gasteiger partial charge in [0.1, 0.15) is 11.6 Å². The van der Waals surface area contributed by atoms with Crippen molar-refractivity contribution < 1.29 is 14.6 Å². The van der Waals surface area contributed by atoms with Gasteiger partial charge in [0.05, 0.1) is 6.10 Å². The Morgan fingerprint density at radius 2 is 1.78 bits per heavy atom. The molecule has 2 bridgehead atoms. The van der Waals surface area contributed by atoms with Crippen molar-refractivity contribution in [2.24, 2.45) is 0 Å². The molecule has 2 aliphatic rings.